The van der Waals surface area contributed by atoms with Crippen molar-refractivity contribution in [2.75, 3.05) is 7.11 Å². The lowest BCUT2D eigenvalue weighted by molar-refractivity contribution is 0.0601. The summed E-state index contributed by atoms with van der Waals surface area (Å²) < 4.78 is 4.80. The Morgan fingerprint density at radius 1 is 1.17 bits per heavy atom. The summed E-state index contributed by atoms with van der Waals surface area (Å²) >= 11 is 0. The molecule has 0 saturated heterocycles. The maximum absolute atomic E-state index is 11.8. The van der Waals surface area contributed by atoms with Crippen LogP contribution in [0.5, 0.6) is 0 Å². The van der Waals surface area contributed by atoms with Crippen LogP contribution in [-0.2, 0) is 4.74 Å². The van der Waals surface area contributed by atoms with E-state index >= 15 is 0 Å². The highest BCUT2D eigenvalue weighted by atomic mass is 16.5. The summed E-state index contributed by atoms with van der Waals surface area (Å²) in [4.78, 5) is 11.8. The number of nitrogens with two attached hydrogens (primary N) is 2. The molecule has 0 heterocycles. The van der Waals surface area contributed by atoms with E-state index in [0.717, 1.165) is 11.1 Å². The zero-order valence-electron chi connectivity index (χ0n) is 12.5. The molecule has 6 heteroatoms. The molecule has 0 saturated carbocycles. The van der Waals surface area contributed by atoms with E-state index in [-0.39, 0.29) is 11.4 Å². The Bertz CT molecular complexity index is 789. The maximum Gasteiger partial charge on any atom is 0.338 e. The number of ether oxygens (including phenoxy) is 1. The predicted octanol–water partition coefficient (Wildman–Crippen LogP) is 1.75. The van der Waals surface area contributed by atoms with Crippen LogP contribution in [0.1, 0.15) is 15.9 Å². The molecule has 0 spiro atoms. The van der Waals surface area contributed by atoms with Crippen LogP contribution in [0.2, 0.25) is 0 Å². The van der Waals surface area contributed by atoms with Gasteiger partial charge in [0.2, 0.25) is 0 Å². The molecule has 2 rings (SSSR count). The van der Waals surface area contributed by atoms with Crippen LogP contribution in [-0.4, -0.2) is 13.1 Å². The zero-order chi connectivity index (χ0) is 16.8. The van der Waals surface area contributed by atoms with Crippen molar-refractivity contribution in [1.82, 2.24) is 5.43 Å². The molecule has 0 amide bonds. The molecule has 116 valence electrons. The fourth-order valence-electron chi connectivity index (χ4n) is 2.17. The molecule has 5 N–H and O–H groups in total. The van der Waals surface area contributed by atoms with Crippen molar-refractivity contribution in [3.63, 3.8) is 0 Å². The first-order valence-electron chi connectivity index (χ1n) is 6.77. The fraction of sp³-hybridized carbons (Fsp3) is 0.0588. The van der Waals surface area contributed by atoms with E-state index in [2.05, 4.69) is 5.43 Å². The number of benzene rings is 2. The quantitative estimate of drug-likeness (QED) is 0.343. The Kier molecular flexibility index (Phi) is 4.97. The van der Waals surface area contributed by atoms with Crippen molar-refractivity contribution in [3.05, 3.63) is 65.4 Å². The number of hydrazine groups is 1. The van der Waals surface area contributed by atoms with Gasteiger partial charge in [-0.05, 0) is 17.2 Å². The number of carbonyl (C=O) groups excluding carboxylic acids is 1. The molecule has 0 radical (unpaired) electrons. The molecule has 0 aliphatic carbocycles. The molecule has 0 bridgehead atoms. The predicted molar refractivity (Wildman–Crippen MR) is 87.3 cm³/mol. The third-order valence-corrected chi connectivity index (χ3v) is 3.36. The molecule has 0 aromatic heterocycles. The monoisotopic (exact) mass is 308 g/mol. The number of rotatable bonds is 4. The minimum atomic E-state index is -0.400. The van der Waals surface area contributed by atoms with E-state index in [9.17, 15) is 4.79 Å². The number of nitrogens with zero attached hydrogens (tertiary/aromatic N) is 1. The summed E-state index contributed by atoms with van der Waals surface area (Å²) in [7, 11) is 1.34. The molecule has 0 atom stereocenters. The van der Waals surface area contributed by atoms with Crippen LogP contribution >= 0.6 is 0 Å². The summed E-state index contributed by atoms with van der Waals surface area (Å²) in [6.07, 6.45) is 0. The van der Waals surface area contributed by atoms with Gasteiger partial charge in [0.25, 0.3) is 0 Å². The average molecular weight is 308 g/mol. The summed E-state index contributed by atoms with van der Waals surface area (Å²) in [6.45, 7) is 0. The third-order valence-electron chi connectivity index (χ3n) is 3.36. The Morgan fingerprint density at radius 3 is 2.39 bits per heavy atom. The molecule has 6 nitrogen and oxygen atoms in total. The van der Waals surface area contributed by atoms with Gasteiger partial charge in [0, 0.05) is 5.56 Å². The van der Waals surface area contributed by atoms with Crippen LogP contribution < -0.4 is 17.0 Å². The van der Waals surface area contributed by atoms with Gasteiger partial charge in [0.1, 0.15) is 6.07 Å². The molecule has 2 aromatic rings. The Labute approximate surface area is 133 Å². The lowest BCUT2D eigenvalue weighted by Crippen LogP contribution is -2.23. The molecule has 0 unspecified atom stereocenters. The van der Waals surface area contributed by atoms with Gasteiger partial charge >= 0.3 is 5.97 Å². The SMILES string of the molecule is COC(=O)c1ccccc1-c1ccc(/C(N)=C(\C#N)NN)cc1. The Balaban J connectivity index is 2.44. The topological polar surface area (TPSA) is 114 Å². The largest absolute Gasteiger partial charge is 0.465 e. The van der Waals surface area contributed by atoms with E-state index in [1.165, 1.54) is 7.11 Å². The second-order valence-electron chi connectivity index (χ2n) is 4.66. The first-order valence-corrected chi connectivity index (χ1v) is 6.77. The van der Waals surface area contributed by atoms with E-state index in [1.54, 1.807) is 24.3 Å². The van der Waals surface area contributed by atoms with Gasteiger partial charge in [-0.1, -0.05) is 42.5 Å². The molecule has 0 fully saturated rings. The second-order valence-corrected chi connectivity index (χ2v) is 4.66. The Hall–Kier alpha value is -3.30. The number of esters is 1. The smallest absolute Gasteiger partial charge is 0.338 e. The van der Waals surface area contributed by atoms with Crippen molar-refractivity contribution in [3.8, 4) is 17.2 Å². The summed E-state index contributed by atoms with van der Waals surface area (Å²) in [5.74, 6) is 4.85. The third kappa shape index (κ3) is 3.31. The number of nitrogens with one attached hydrogen (secondary N) is 1. The highest BCUT2D eigenvalue weighted by Crippen LogP contribution is 2.25. The highest BCUT2D eigenvalue weighted by molar-refractivity contribution is 5.97. The molecular weight excluding hydrogens is 292 g/mol. The highest BCUT2D eigenvalue weighted by Gasteiger charge is 2.12. The van der Waals surface area contributed by atoms with Crippen molar-refractivity contribution >= 4 is 11.7 Å². The number of carbonyl (C=O) groups is 1. The van der Waals surface area contributed by atoms with E-state index in [0.29, 0.717) is 11.1 Å². The van der Waals surface area contributed by atoms with Crippen molar-refractivity contribution in [2.24, 2.45) is 11.6 Å². The number of hydrogen-bond acceptors (Lipinski definition) is 6. The zero-order valence-corrected chi connectivity index (χ0v) is 12.5. The first kappa shape index (κ1) is 16.1. The minimum Gasteiger partial charge on any atom is -0.465 e. The van der Waals surface area contributed by atoms with Crippen LogP contribution in [0.15, 0.2) is 54.2 Å². The standard InChI is InChI=1S/C17H16N4O2/c1-23-17(22)14-5-3-2-4-13(14)11-6-8-12(9-7-11)16(19)15(10-18)21-20/h2-9,21H,19-20H2,1H3/b16-15-. The number of methoxy groups -OCH3 is 1. The van der Waals surface area contributed by atoms with Crippen molar-refractivity contribution in [1.29, 1.82) is 5.26 Å². The van der Waals surface area contributed by atoms with E-state index < -0.39 is 5.97 Å². The summed E-state index contributed by atoms with van der Waals surface area (Å²) in [5, 5.41) is 8.93. The number of nitriles is 1. The van der Waals surface area contributed by atoms with Crippen LogP contribution in [0.3, 0.4) is 0 Å². The normalized spacial score (nSPS) is 11.2. The second kappa shape index (κ2) is 7.11. The van der Waals surface area contributed by atoms with Gasteiger partial charge in [0.05, 0.1) is 18.4 Å². The fourth-order valence-corrected chi connectivity index (χ4v) is 2.17. The molecule has 2 aromatic carbocycles. The van der Waals surface area contributed by atoms with Gasteiger partial charge in [-0.15, -0.1) is 0 Å². The number of hydrogen-bond donors (Lipinski definition) is 3. The van der Waals surface area contributed by atoms with Crippen molar-refractivity contribution in [2.45, 2.75) is 0 Å². The summed E-state index contributed by atoms with van der Waals surface area (Å²) in [5.41, 5.74) is 11.2. The van der Waals surface area contributed by atoms with Crippen molar-refractivity contribution < 1.29 is 9.53 Å². The van der Waals surface area contributed by atoms with Gasteiger partial charge in [-0.3, -0.25) is 0 Å². The Morgan fingerprint density at radius 2 is 1.83 bits per heavy atom. The molecular formula is C17H16N4O2. The molecule has 23 heavy (non-hydrogen) atoms. The van der Waals surface area contributed by atoms with E-state index in [4.69, 9.17) is 21.6 Å². The lowest BCUT2D eigenvalue weighted by Gasteiger charge is -2.10. The summed E-state index contributed by atoms with van der Waals surface area (Å²) in [6, 6.07) is 16.2. The van der Waals surface area contributed by atoms with Gasteiger partial charge in [-0.25, -0.2) is 10.6 Å². The molecule has 0 aliphatic rings. The number of allylic oxidation sites excluding steroid dienone is 1. The molecule has 0 aliphatic heterocycles. The van der Waals surface area contributed by atoms with E-state index in [1.807, 2.05) is 30.3 Å². The minimum absolute atomic E-state index is 0.0905. The lowest BCUT2D eigenvalue weighted by atomic mass is 9.98. The van der Waals surface area contributed by atoms with Crippen LogP contribution in [0, 0.1) is 11.3 Å². The van der Waals surface area contributed by atoms with Gasteiger partial charge in [0.15, 0.2) is 5.70 Å². The van der Waals surface area contributed by atoms with Crippen LogP contribution in [0.4, 0.5) is 0 Å². The van der Waals surface area contributed by atoms with Gasteiger partial charge in [-0.2, -0.15) is 5.26 Å². The average Bonchev–Trinajstić information content (AvgIpc) is 2.62. The van der Waals surface area contributed by atoms with Gasteiger partial charge < -0.3 is 15.9 Å². The first-order chi connectivity index (χ1) is 11.1. The maximum atomic E-state index is 11.8. The van der Waals surface area contributed by atoms with Crippen LogP contribution in [0.25, 0.3) is 16.8 Å².